The molecule has 0 amide bonds. The summed E-state index contributed by atoms with van der Waals surface area (Å²) in [5.74, 6) is -0.126. The van der Waals surface area contributed by atoms with Gasteiger partial charge in [0.15, 0.2) is 11.6 Å². The van der Waals surface area contributed by atoms with Gasteiger partial charge in [-0.2, -0.15) is 0 Å². The summed E-state index contributed by atoms with van der Waals surface area (Å²) in [6, 6.07) is 12.5. The van der Waals surface area contributed by atoms with Crippen molar-refractivity contribution in [3.8, 4) is 0 Å². The molecule has 100 valence electrons. The van der Waals surface area contributed by atoms with Gasteiger partial charge in [0.05, 0.1) is 0 Å². The van der Waals surface area contributed by atoms with Gasteiger partial charge in [0, 0.05) is 28.8 Å². The van der Waals surface area contributed by atoms with Crippen molar-refractivity contribution in [1.82, 2.24) is 5.32 Å². The molecule has 0 atom stereocenters. The Morgan fingerprint density at radius 1 is 0.850 bits per heavy atom. The third kappa shape index (κ3) is 1.96. The lowest BCUT2D eigenvalue weighted by Gasteiger charge is -2.18. The van der Waals surface area contributed by atoms with E-state index in [-0.39, 0.29) is 11.6 Å². The van der Waals surface area contributed by atoms with E-state index in [0.29, 0.717) is 28.8 Å². The number of rotatable bonds is 3. The predicted molar refractivity (Wildman–Crippen MR) is 77.1 cm³/mol. The topological polar surface area (TPSA) is 46.2 Å². The predicted octanol–water partition coefficient (Wildman–Crippen LogP) is 2.57. The maximum absolute atomic E-state index is 12.5. The summed E-state index contributed by atoms with van der Waals surface area (Å²) < 4.78 is 0. The second-order valence-corrected chi connectivity index (χ2v) is 4.86. The van der Waals surface area contributed by atoms with E-state index in [1.54, 1.807) is 30.3 Å². The summed E-state index contributed by atoms with van der Waals surface area (Å²) >= 11 is 0. The Morgan fingerprint density at radius 2 is 1.45 bits per heavy atom. The third-order valence-corrected chi connectivity index (χ3v) is 3.57. The second-order valence-electron chi connectivity index (χ2n) is 4.86. The maximum atomic E-state index is 12.5. The molecule has 1 N–H and O–H groups in total. The Morgan fingerprint density at radius 3 is 2.10 bits per heavy atom. The number of nitrogens with one attached hydrogen (secondary N) is 1. The van der Waals surface area contributed by atoms with Crippen LogP contribution in [-0.4, -0.2) is 18.1 Å². The Labute approximate surface area is 117 Å². The van der Waals surface area contributed by atoms with Gasteiger partial charge < -0.3 is 5.32 Å². The van der Waals surface area contributed by atoms with E-state index in [9.17, 15) is 9.59 Å². The molecule has 0 bridgehead atoms. The molecule has 0 spiro atoms. The minimum Gasteiger partial charge on any atom is -0.313 e. The van der Waals surface area contributed by atoms with Crippen LogP contribution in [0.5, 0.6) is 0 Å². The SMILES string of the molecule is CCNCc1ccc2c(c1)C(=O)c1ccccc1C2=O. The zero-order valence-corrected chi connectivity index (χ0v) is 11.3. The molecule has 2 aromatic rings. The van der Waals surface area contributed by atoms with Crippen LogP contribution in [-0.2, 0) is 6.54 Å². The minimum atomic E-state index is -0.0646. The Balaban J connectivity index is 2.09. The summed E-state index contributed by atoms with van der Waals surface area (Å²) in [6.07, 6.45) is 0. The molecule has 0 saturated heterocycles. The Kier molecular flexibility index (Phi) is 3.20. The van der Waals surface area contributed by atoms with E-state index in [1.807, 2.05) is 19.1 Å². The number of ketones is 2. The van der Waals surface area contributed by atoms with Crippen molar-refractivity contribution in [2.24, 2.45) is 0 Å². The molecule has 0 unspecified atom stereocenters. The van der Waals surface area contributed by atoms with Gasteiger partial charge in [-0.15, -0.1) is 0 Å². The largest absolute Gasteiger partial charge is 0.313 e. The van der Waals surface area contributed by atoms with Crippen molar-refractivity contribution in [2.75, 3.05) is 6.54 Å². The first-order chi connectivity index (χ1) is 9.72. The molecule has 0 aromatic heterocycles. The number of hydrogen-bond donors (Lipinski definition) is 1. The maximum Gasteiger partial charge on any atom is 0.194 e. The first-order valence-electron chi connectivity index (χ1n) is 6.74. The fourth-order valence-corrected chi connectivity index (χ4v) is 2.53. The van der Waals surface area contributed by atoms with Crippen LogP contribution in [0.25, 0.3) is 0 Å². The number of fused-ring (bicyclic) bond motifs is 2. The van der Waals surface area contributed by atoms with Crippen LogP contribution in [0, 0.1) is 0 Å². The number of carbonyl (C=O) groups excluding carboxylic acids is 2. The molecule has 0 heterocycles. The van der Waals surface area contributed by atoms with Gasteiger partial charge >= 0.3 is 0 Å². The lowest BCUT2D eigenvalue weighted by atomic mass is 9.83. The van der Waals surface area contributed by atoms with Gasteiger partial charge in [-0.3, -0.25) is 9.59 Å². The van der Waals surface area contributed by atoms with Gasteiger partial charge in [0.1, 0.15) is 0 Å². The highest BCUT2D eigenvalue weighted by atomic mass is 16.1. The number of hydrogen-bond acceptors (Lipinski definition) is 3. The number of benzene rings is 2. The van der Waals surface area contributed by atoms with E-state index in [1.165, 1.54) is 0 Å². The summed E-state index contributed by atoms with van der Waals surface area (Å²) in [5.41, 5.74) is 3.05. The highest BCUT2D eigenvalue weighted by Gasteiger charge is 2.29. The summed E-state index contributed by atoms with van der Waals surface area (Å²) in [4.78, 5) is 24.9. The Hall–Kier alpha value is -2.26. The van der Waals surface area contributed by atoms with Crippen molar-refractivity contribution in [1.29, 1.82) is 0 Å². The quantitative estimate of drug-likeness (QED) is 0.791. The fourth-order valence-electron chi connectivity index (χ4n) is 2.53. The molecule has 2 aromatic carbocycles. The highest BCUT2D eigenvalue weighted by molar-refractivity contribution is 6.28. The van der Waals surface area contributed by atoms with Crippen molar-refractivity contribution in [3.63, 3.8) is 0 Å². The summed E-state index contributed by atoms with van der Waals surface area (Å²) in [7, 11) is 0. The Bertz CT molecular complexity index is 704. The van der Waals surface area contributed by atoms with Gasteiger partial charge in [-0.1, -0.05) is 37.3 Å². The fraction of sp³-hybridized carbons (Fsp3) is 0.176. The third-order valence-electron chi connectivity index (χ3n) is 3.57. The molecule has 3 heteroatoms. The van der Waals surface area contributed by atoms with Gasteiger partial charge in [-0.25, -0.2) is 0 Å². The molecule has 0 saturated carbocycles. The van der Waals surface area contributed by atoms with Gasteiger partial charge in [0.2, 0.25) is 0 Å². The number of carbonyl (C=O) groups is 2. The molecule has 3 rings (SSSR count). The van der Waals surface area contributed by atoms with Crippen LogP contribution < -0.4 is 5.32 Å². The van der Waals surface area contributed by atoms with E-state index in [2.05, 4.69) is 5.32 Å². The van der Waals surface area contributed by atoms with E-state index in [4.69, 9.17) is 0 Å². The van der Waals surface area contributed by atoms with Crippen LogP contribution in [0.2, 0.25) is 0 Å². The summed E-state index contributed by atoms with van der Waals surface area (Å²) in [5, 5.41) is 3.22. The highest BCUT2D eigenvalue weighted by Crippen LogP contribution is 2.27. The molecule has 20 heavy (non-hydrogen) atoms. The van der Waals surface area contributed by atoms with Crippen LogP contribution >= 0.6 is 0 Å². The molecule has 0 aliphatic heterocycles. The van der Waals surface area contributed by atoms with Crippen LogP contribution in [0.1, 0.15) is 44.3 Å². The van der Waals surface area contributed by atoms with Crippen molar-refractivity contribution in [3.05, 3.63) is 70.3 Å². The van der Waals surface area contributed by atoms with Crippen LogP contribution in [0.15, 0.2) is 42.5 Å². The first kappa shape index (κ1) is 12.8. The molecule has 0 fully saturated rings. The van der Waals surface area contributed by atoms with Gasteiger partial charge in [-0.05, 0) is 24.2 Å². The van der Waals surface area contributed by atoms with Crippen molar-refractivity contribution >= 4 is 11.6 Å². The summed E-state index contributed by atoms with van der Waals surface area (Å²) in [6.45, 7) is 3.60. The first-order valence-corrected chi connectivity index (χ1v) is 6.74. The normalized spacial score (nSPS) is 13.1. The zero-order chi connectivity index (χ0) is 14.1. The monoisotopic (exact) mass is 265 g/mol. The smallest absolute Gasteiger partial charge is 0.194 e. The average molecular weight is 265 g/mol. The zero-order valence-electron chi connectivity index (χ0n) is 11.3. The molecular weight excluding hydrogens is 250 g/mol. The van der Waals surface area contributed by atoms with Crippen molar-refractivity contribution in [2.45, 2.75) is 13.5 Å². The molecule has 3 nitrogen and oxygen atoms in total. The van der Waals surface area contributed by atoms with Crippen LogP contribution in [0.3, 0.4) is 0 Å². The molecule has 1 aliphatic rings. The van der Waals surface area contributed by atoms with Crippen molar-refractivity contribution < 1.29 is 9.59 Å². The minimum absolute atomic E-state index is 0.0615. The molecular formula is C17H15NO2. The molecule has 0 radical (unpaired) electrons. The van der Waals surface area contributed by atoms with Crippen LogP contribution in [0.4, 0.5) is 0 Å². The molecule has 1 aliphatic carbocycles. The van der Waals surface area contributed by atoms with Gasteiger partial charge in [0.25, 0.3) is 0 Å². The lowest BCUT2D eigenvalue weighted by Crippen LogP contribution is -2.21. The standard InChI is InChI=1S/C17H15NO2/c1-2-18-10-11-7-8-14-15(9-11)17(20)13-6-4-3-5-12(13)16(14)19/h3-9,18H,2,10H2,1H3. The van der Waals surface area contributed by atoms with E-state index < -0.39 is 0 Å². The van der Waals surface area contributed by atoms with E-state index in [0.717, 1.165) is 12.1 Å². The average Bonchev–Trinajstić information content (AvgIpc) is 2.50. The lowest BCUT2D eigenvalue weighted by molar-refractivity contribution is 0.0979. The van der Waals surface area contributed by atoms with E-state index >= 15 is 0 Å². The second kappa shape index (κ2) is 5.02.